The predicted octanol–water partition coefficient (Wildman–Crippen LogP) is 1.80. The average Bonchev–Trinajstić information content (AvgIpc) is 2.37. The van der Waals surface area contributed by atoms with Crippen LogP contribution in [-0.4, -0.2) is 30.9 Å². The van der Waals surface area contributed by atoms with Crippen molar-refractivity contribution >= 4 is 11.7 Å². The van der Waals surface area contributed by atoms with E-state index >= 15 is 0 Å². The fourth-order valence-corrected chi connectivity index (χ4v) is 1.89. The minimum atomic E-state index is -0.432. The fraction of sp³-hybridized carbons (Fsp3) is 0.867. The van der Waals surface area contributed by atoms with Gasteiger partial charge in [0.05, 0.1) is 11.9 Å². The summed E-state index contributed by atoms with van der Waals surface area (Å²) in [5, 5.41) is 2.90. The van der Waals surface area contributed by atoms with Crippen LogP contribution >= 0.6 is 0 Å². The molecule has 5 heteroatoms. The molecule has 0 unspecified atom stereocenters. The maximum absolute atomic E-state index is 11.7. The number of rotatable bonds is 11. The Labute approximate surface area is 123 Å². The lowest BCUT2D eigenvalue weighted by Crippen LogP contribution is -2.41. The van der Waals surface area contributed by atoms with E-state index in [0.717, 1.165) is 31.7 Å². The quantitative estimate of drug-likeness (QED) is 0.307. The van der Waals surface area contributed by atoms with Crippen LogP contribution < -0.4 is 16.8 Å². The average molecular weight is 284 g/mol. The van der Waals surface area contributed by atoms with Crippen LogP contribution in [0.3, 0.4) is 0 Å². The zero-order chi connectivity index (χ0) is 15.4. The number of unbranched alkanes of at least 4 members (excludes halogenated alkanes) is 2. The first-order valence-electron chi connectivity index (χ1n) is 7.73. The van der Waals surface area contributed by atoms with Gasteiger partial charge in [-0.05, 0) is 32.1 Å². The lowest BCUT2D eigenvalue weighted by Gasteiger charge is -2.11. The number of nitrogens with one attached hydrogen (secondary N) is 1. The molecule has 0 saturated heterocycles. The van der Waals surface area contributed by atoms with Crippen LogP contribution in [-0.2, 0) is 4.79 Å². The molecule has 0 aliphatic rings. The van der Waals surface area contributed by atoms with E-state index in [1.165, 1.54) is 12.8 Å². The number of nitrogens with two attached hydrogens (primary N) is 2. The van der Waals surface area contributed by atoms with Crippen molar-refractivity contribution in [3.8, 4) is 0 Å². The van der Waals surface area contributed by atoms with E-state index in [2.05, 4.69) is 24.2 Å². The number of carbonyl (C=O) groups is 1. The summed E-state index contributed by atoms with van der Waals surface area (Å²) < 4.78 is 0. The number of nitrogens with zero attached hydrogens (tertiary/aromatic N) is 1. The maximum atomic E-state index is 11.7. The van der Waals surface area contributed by atoms with Crippen molar-refractivity contribution in [1.29, 1.82) is 0 Å². The van der Waals surface area contributed by atoms with Gasteiger partial charge in [0.1, 0.15) is 0 Å². The van der Waals surface area contributed by atoms with Crippen molar-refractivity contribution < 1.29 is 4.79 Å². The molecule has 0 aromatic heterocycles. The normalized spacial score (nSPS) is 13.6. The topological polar surface area (TPSA) is 93.5 Å². The van der Waals surface area contributed by atoms with Crippen molar-refractivity contribution in [2.24, 2.45) is 22.4 Å². The molecule has 0 fully saturated rings. The molecule has 1 amide bonds. The van der Waals surface area contributed by atoms with Gasteiger partial charge in [-0.2, -0.15) is 0 Å². The monoisotopic (exact) mass is 284 g/mol. The molecule has 0 bridgehead atoms. The molecule has 0 radical (unpaired) electrons. The van der Waals surface area contributed by atoms with E-state index in [9.17, 15) is 4.79 Å². The molecular formula is C15H32N4O. The van der Waals surface area contributed by atoms with Gasteiger partial charge in [-0.15, -0.1) is 0 Å². The molecule has 118 valence electrons. The summed E-state index contributed by atoms with van der Waals surface area (Å²) in [4.78, 5) is 15.8. The van der Waals surface area contributed by atoms with Crippen LogP contribution in [0.4, 0.5) is 0 Å². The van der Waals surface area contributed by atoms with E-state index in [1.807, 2.05) is 0 Å². The molecule has 20 heavy (non-hydrogen) atoms. The third-order valence-electron chi connectivity index (χ3n) is 3.13. The molecule has 5 nitrogen and oxygen atoms in total. The van der Waals surface area contributed by atoms with Gasteiger partial charge < -0.3 is 16.8 Å². The number of amides is 1. The summed E-state index contributed by atoms with van der Waals surface area (Å²) in [7, 11) is 0. The Morgan fingerprint density at radius 1 is 1.15 bits per heavy atom. The molecule has 0 spiro atoms. The van der Waals surface area contributed by atoms with Gasteiger partial charge >= 0.3 is 0 Å². The zero-order valence-electron chi connectivity index (χ0n) is 13.3. The fourth-order valence-electron chi connectivity index (χ4n) is 1.89. The molecule has 0 aromatic rings. The SMILES string of the molecule is CC(N)=NCCC[C@H](N)C(=O)NCCCCCC(C)C. The smallest absolute Gasteiger partial charge is 0.236 e. The highest BCUT2D eigenvalue weighted by molar-refractivity contribution is 5.81. The van der Waals surface area contributed by atoms with Crippen LogP contribution in [0.5, 0.6) is 0 Å². The van der Waals surface area contributed by atoms with Crippen LogP contribution in [0.2, 0.25) is 0 Å². The summed E-state index contributed by atoms with van der Waals surface area (Å²) in [6.45, 7) is 7.59. The van der Waals surface area contributed by atoms with E-state index in [-0.39, 0.29) is 5.91 Å². The predicted molar refractivity (Wildman–Crippen MR) is 85.7 cm³/mol. The number of aliphatic imine (C=N–C) groups is 1. The lowest BCUT2D eigenvalue weighted by atomic mass is 10.1. The largest absolute Gasteiger partial charge is 0.388 e. The van der Waals surface area contributed by atoms with Gasteiger partial charge in [0.2, 0.25) is 5.91 Å². The molecule has 0 saturated carbocycles. The van der Waals surface area contributed by atoms with E-state index in [4.69, 9.17) is 11.5 Å². The van der Waals surface area contributed by atoms with Gasteiger partial charge in [-0.25, -0.2) is 0 Å². The molecule has 0 aliphatic heterocycles. The van der Waals surface area contributed by atoms with Gasteiger partial charge in [-0.3, -0.25) is 9.79 Å². The molecule has 0 rings (SSSR count). The Hall–Kier alpha value is -1.10. The first-order chi connectivity index (χ1) is 9.43. The van der Waals surface area contributed by atoms with Crippen LogP contribution in [0.1, 0.15) is 59.3 Å². The summed E-state index contributed by atoms with van der Waals surface area (Å²) >= 11 is 0. The molecule has 0 aromatic carbocycles. The van der Waals surface area contributed by atoms with Crippen LogP contribution in [0.25, 0.3) is 0 Å². The highest BCUT2D eigenvalue weighted by Crippen LogP contribution is 2.07. The van der Waals surface area contributed by atoms with Gasteiger partial charge in [0.25, 0.3) is 0 Å². The lowest BCUT2D eigenvalue weighted by molar-refractivity contribution is -0.122. The van der Waals surface area contributed by atoms with Crippen molar-refractivity contribution in [2.45, 2.75) is 65.3 Å². The summed E-state index contributed by atoms with van der Waals surface area (Å²) in [6.07, 6.45) is 6.12. The molecule has 5 N–H and O–H groups in total. The van der Waals surface area contributed by atoms with Crippen molar-refractivity contribution in [1.82, 2.24) is 5.32 Å². The second kappa shape index (κ2) is 11.7. The molecular weight excluding hydrogens is 252 g/mol. The second-order valence-electron chi connectivity index (χ2n) is 5.81. The third-order valence-corrected chi connectivity index (χ3v) is 3.13. The Morgan fingerprint density at radius 3 is 2.45 bits per heavy atom. The summed E-state index contributed by atoms with van der Waals surface area (Å²) in [5.41, 5.74) is 11.3. The highest BCUT2D eigenvalue weighted by atomic mass is 16.2. The highest BCUT2D eigenvalue weighted by Gasteiger charge is 2.11. The first kappa shape index (κ1) is 18.9. The zero-order valence-corrected chi connectivity index (χ0v) is 13.3. The number of hydrogen-bond donors (Lipinski definition) is 3. The minimum absolute atomic E-state index is 0.0534. The Bertz CT molecular complexity index is 286. The minimum Gasteiger partial charge on any atom is -0.388 e. The van der Waals surface area contributed by atoms with Gasteiger partial charge in [0, 0.05) is 13.1 Å². The summed E-state index contributed by atoms with van der Waals surface area (Å²) in [6, 6.07) is -0.432. The number of carbonyl (C=O) groups excluding carboxylic acids is 1. The number of hydrogen-bond acceptors (Lipinski definition) is 3. The standard InChI is InChI=1S/C15H32N4O/c1-12(2)8-5-4-6-10-19-15(20)14(17)9-7-11-18-13(3)16/h12,14H,4-11,17H2,1-3H3,(H2,16,18)(H,19,20)/t14-/m0/s1. The van der Waals surface area contributed by atoms with Crippen molar-refractivity contribution in [3.05, 3.63) is 0 Å². The van der Waals surface area contributed by atoms with Gasteiger partial charge in [0.15, 0.2) is 0 Å². The van der Waals surface area contributed by atoms with E-state index in [1.54, 1.807) is 6.92 Å². The van der Waals surface area contributed by atoms with Gasteiger partial charge in [-0.1, -0.05) is 33.1 Å². The van der Waals surface area contributed by atoms with E-state index in [0.29, 0.717) is 18.8 Å². The first-order valence-corrected chi connectivity index (χ1v) is 7.73. The van der Waals surface area contributed by atoms with Crippen LogP contribution in [0, 0.1) is 5.92 Å². The van der Waals surface area contributed by atoms with Crippen molar-refractivity contribution in [3.63, 3.8) is 0 Å². The van der Waals surface area contributed by atoms with Crippen LogP contribution in [0.15, 0.2) is 4.99 Å². The summed E-state index contributed by atoms with van der Waals surface area (Å²) in [5.74, 6) is 1.28. The Kier molecular flexibility index (Phi) is 11.1. The Morgan fingerprint density at radius 2 is 1.85 bits per heavy atom. The molecule has 0 heterocycles. The molecule has 0 aliphatic carbocycles. The number of amidine groups is 1. The third kappa shape index (κ3) is 12.0. The Balaban J connectivity index is 3.53. The second-order valence-corrected chi connectivity index (χ2v) is 5.81. The maximum Gasteiger partial charge on any atom is 0.236 e. The molecule has 1 atom stereocenters. The van der Waals surface area contributed by atoms with Crippen molar-refractivity contribution in [2.75, 3.05) is 13.1 Å². The van der Waals surface area contributed by atoms with E-state index < -0.39 is 6.04 Å².